The third-order valence-electron chi connectivity index (χ3n) is 4.74. The van der Waals surface area contributed by atoms with Gasteiger partial charge in [-0.05, 0) is 25.1 Å². The lowest BCUT2D eigenvalue weighted by Crippen LogP contribution is -2.19. The van der Waals surface area contributed by atoms with Crippen LogP contribution in [-0.2, 0) is 5.41 Å². The molecule has 0 atom stereocenters. The number of urea groups is 1. The number of nitrogens with two attached hydrogens (primary N) is 1. The Morgan fingerprint density at radius 3 is 2.65 bits per heavy atom. The van der Waals surface area contributed by atoms with Crippen molar-refractivity contribution in [2.75, 3.05) is 16.4 Å². The number of benzene rings is 1. The van der Waals surface area contributed by atoms with E-state index in [1.807, 2.05) is 20.8 Å². The number of aromatic nitrogens is 4. The fourth-order valence-electron chi connectivity index (χ4n) is 3.18. The summed E-state index contributed by atoms with van der Waals surface area (Å²) in [6, 6.07) is 7.12. The van der Waals surface area contributed by atoms with E-state index in [2.05, 4.69) is 25.9 Å². The molecule has 4 aromatic rings. The third-order valence-corrected chi connectivity index (χ3v) is 4.74. The summed E-state index contributed by atoms with van der Waals surface area (Å²) < 4.78 is 21.6. The van der Waals surface area contributed by atoms with Crippen molar-refractivity contribution in [1.29, 1.82) is 0 Å². The van der Waals surface area contributed by atoms with Crippen LogP contribution >= 0.6 is 0 Å². The summed E-state index contributed by atoms with van der Waals surface area (Å²) in [5, 5.41) is 13.1. The lowest BCUT2D eigenvalue weighted by atomic mass is 9.93. The maximum Gasteiger partial charge on any atom is 0.324 e. The minimum atomic E-state index is -0.573. The van der Waals surface area contributed by atoms with Crippen LogP contribution in [-0.4, -0.2) is 25.8 Å². The van der Waals surface area contributed by atoms with E-state index in [0.29, 0.717) is 22.7 Å². The average Bonchev–Trinajstić information content (AvgIpc) is 3.32. The van der Waals surface area contributed by atoms with Gasteiger partial charge in [0.2, 0.25) is 0 Å². The zero-order valence-corrected chi connectivity index (χ0v) is 17.5. The van der Waals surface area contributed by atoms with Gasteiger partial charge in [0.15, 0.2) is 11.5 Å². The molecule has 1 aromatic carbocycles. The van der Waals surface area contributed by atoms with Crippen LogP contribution in [0.3, 0.4) is 0 Å². The van der Waals surface area contributed by atoms with E-state index in [-0.39, 0.29) is 28.3 Å². The van der Waals surface area contributed by atoms with Crippen molar-refractivity contribution in [2.24, 2.45) is 0 Å². The Bertz CT molecular complexity index is 1290. The number of anilines is 3. The molecule has 0 aliphatic carbocycles. The molecule has 0 unspecified atom stereocenters. The van der Waals surface area contributed by atoms with E-state index >= 15 is 0 Å². The summed E-state index contributed by atoms with van der Waals surface area (Å²) in [5.74, 6) is 0.623. The lowest BCUT2D eigenvalue weighted by Gasteiger charge is -2.13. The van der Waals surface area contributed by atoms with Gasteiger partial charge in [0.25, 0.3) is 0 Å². The molecule has 0 aliphatic heterocycles. The number of aryl methyl sites for hydroxylation is 1. The molecule has 160 valence electrons. The highest BCUT2D eigenvalue weighted by Gasteiger charge is 2.21. The molecule has 3 heterocycles. The van der Waals surface area contributed by atoms with E-state index in [4.69, 9.17) is 10.3 Å². The number of hydrogen-bond donors (Lipinski definition) is 3. The van der Waals surface area contributed by atoms with Crippen LogP contribution in [0.25, 0.3) is 16.8 Å². The fraction of sp³-hybridized carbons (Fsp3) is 0.238. The Hall–Kier alpha value is -3.95. The Kier molecular flexibility index (Phi) is 4.84. The summed E-state index contributed by atoms with van der Waals surface area (Å²) in [4.78, 5) is 16.7. The molecule has 0 spiro atoms. The van der Waals surface area contributed by atoms with Gasteiger partial charge in [0, 0.05) is 34.4 Å². The highest BCUT2D eigenvalue weighted by Crippen LogP contribution is 2.32. The van der Waals surface area contributed by atoms with Crippen LogP contribution in [0.15, 0.2) is 41.1 Å². The number of halogens is 1. The van der Waals surface area contributed by atoms with Crippen LogP contribution < -0.4 is 16.4 Å². The zero-order valence-electron chi connectivity index (χ0n) is 17.5. The minimum absolute atomic E-state index is 0.240. The molecule has 31 heavy (non-hydrogen) atoms. The van der Waals surface area contributed by atoms with Crippen molar-refractivity contribution in [3.8, 4) is 11.1 Å². The largest absolute Gasteiger partial charge is 0.383 e. The second kappa shape index (κ2) is 7.38. The molecule has 0 radical (unpaired) electrons. The highest BCUT2D eigenvalue weighted by atomic mass is 19.1. The second-order valence-corrected chi connectivity index (χ2v) is 8.16. The predicted molar refractivity (Wildman–Crippen MR) is 115 cm³/mol. The molecule has 0 bridgehead atoms. The molecule has 10 heteroatoms. The van der Waals surface area contributed by atoms with Crippen molar-refractivity contribution in [2.45, 2.75) is 33.1 Å². The minimum Gasteiger partial charge on any atom is -0.383 e. The quantitative estimate of drug-likeness (QED) is 0.450. The molecule has 0 aliphatic rings. The molecule has 0 fully saturated rings. The van der Waals surface area contributed by atoms with E-state index in [1.54, 1.807) is 31.3 Å². The van der Waals surface area contributed by atoms with E-state index in [9.17, 15) is 9.18 Å². The summed E-state index contributed by atoms with van der Waals surface area (Å²) in [6.07, 6.45) is 1.57. The van der Waals surface area contributed by atoms with Gasteiger partial charge < -0.3 is 15.6 Å². The predicted octanol–water partition coefficient (Wildman–Crippen LogP) is 4.36. The topological polar surface area (TPSA) is 123 Å². The molecule has 2 amide bonds. The first kappa shape index (κ1) is 20.3. The second-order valence-electron chi connectivity index (χ2n) is 8.16. The average molecular weight is 423 g/mol. The number of rotatable bonds is 3. The number of hydrogen-bond acceptors (Lipinski definition) is 6. The van der Waals surface area contributed by atoms with Gasteiger partial charge in [-0.2, -0.15) is 9.61 Å². The normalized spacial score (nSPS) is 11.6. The molecular formula is C21H22FN7O2. The molecule has 3 aromatic heterocycles. The number of nitrogens with zero attached hydrogens (tertiary/aromatic N) is 4. The van der Waals surface area contributed by atoms with Crippen molar-refractivity contribution >= 4 is 29.0 Å². The number of nitrogen functional groups attached to an aromatic ring is 1. The number of carbonyl (C=O) groups is 1. The van der Waals surface area contributed by atoms with Gasteiger partial charge >= 0.3 is 6.03 Å². The Morgan fingerprint density at radius 2 is 1.97 bits per heavy atom. The Morgan fingerprint density at radius 1 is 1.19 bits per heavy atom. The third kappa shape index (κ3) is 3.91. The monoisotopic (exact) mass is 423 g/mol. The molecule has 4 rings (SSSR count). The molecule has 9 nitrogen and oxygen atoms in total. The van der Waals surface area contributed by atoms with Crippen molar-refractivity contribution in [1.82, 2.24) is 19.8 Å². The van der Waals surface area contributed by atoms with Crippen LogP contribution in [0.4, 0.5) is 26.5 Å². The van der Waals surface area contributed by atoms with E-state index < -0.39 is 11.8 Å². The van der Waals surface area contributed by atoms with Crippen LogP contribution in [0.2, 0.25) is 0 Å². The van der Waals surface area contributed by atoms with Crippen LogP contribution in [0.1, 0.15) is 32.2 Å². The van der Waals surface area contributed by atoms with Crippen molar-refractivity contribution in [3.05, 3.63) is 53.8 Å². The van der Waals surface area contributed by atoms with Gasteiger partial charge in [-0.3, -0.25) is 5.32 Å². The molecule has 4 N–H and O–H groups in total. The van der Waals surface area contributed by atoms with E-state index in [1.165, 1.54) is 16.6 Å². The molecule has 0 saturated carbocycles. The Balaban J connectivity index is 1.54. The maximum atomic E-state index is 14.9. The van der Waals surface area contributed by atoms with Crippen LogP contribution in [0, 0.1) is 12.7 Å². The Labute approximate surface area is 177 Å². The number of carbonyl (C=O) groups excluding carboxylic acids is 1. The summed E-state index contributed by atoms with van der Waals surface area (Å²) in [7, 11) is 0. The van der Waals surface area contributed by atoms with Crippen molar-refractivity contribution < 1.29 is 13.7 Å². The van der Waals surface area contributed by atoms with Gasteiger partial charge in [0.05, 0.1) is 11.9 Å². The van der Waals surface area contributed by atoms with Gasteiger partial charge in [-0.25, -0.2) is 14.2 Å². The van der Waals surface area contributed by atoms with Crippen LogP contribution in [0.5, 0.6) is 0 Å². The first-order valence-electron chi connectivity index (χ1n) is 9.58. The lowest BCUT2D eigenvalue weighted by molar-refractivity contribution is 0.262. The number of fused-ring (bicyclic) bond motifs is 1. The summed E-state index contributed by atoms with van der Waals surface area (Å²) in [5.41, 5.74) is 8.09. The zero-order chi connectivity index (χ0) is 22.3. The number of nitrogens with one attached hydrogen (secondary N) is 2. The smallest absolute Gasteiger partial charge is 0.324 e. The van der Waals surface area contributed by atoms with E-state index in [0.717, 1.165) is 0 Å². The van der Waals surface area contributed by atoms with Gasteiger partial charge in [-0.1, -0.05) is 25.9 Å². The van der Waals surface area contributed by atoms with Gasteiger partial charge in [-0.15, -0.1) is 0 Å². The SMILES string of the molecule is Cc1nc2ccnn2c(N)c1-c1ccc(NC(=O)Nc2cc(C(C)(C)C)on2)cc1F. The fourth-order valence-corrected chi connectivity index (χ4v) is 3.18. The standard InChI is InChI=1S/C21H22FN7O2/c1-11-18(19(23)29-17(25-11)7-8-24-29)13-6-5-12(9-14(13)22)26-20(30)27-16-10-15(31-28-16)21(2,3)4/h5-10H,23H2,1-4H3,(H2,26,27,28,30). The van der Waals surface area contributed by atoms with Crippen molar-refractivity contribution in [3.63, 3.8) is 0 Å². The first-order chi connectivity index (χ1) is 14.6. The highest BCUT2D eigenvalue weighted by molar-refractivity contribution is 5.99. The summed E-state index contributed by atoms with van der Waals surface area (Å²) in [6.45, 7) is 7.66. The first-order valence-corrected chi connectivity index (χ1v) is 9.58. The number of amides is 2. The summed E-state index contributed by atoms with van der Waals surface area (Å²) >= 11 is 0. The maximum absolute atomic E-state index is 14.9. The molecule has 0 saturated heterocycles. The molecular weight excluding hydrogens is 401 g/mol. The van der Waals surface area contributed by atoms with Gasteiger partial charge in [0.1, 0.15) is 17.4 Å².